The highest BCUT2D eigenvalue weighted by molar-refractivity contribution is 5.99. The summed E-state index contributed by atoms with van der Waals surface area (Å²) in [5.41, 5.74) is 2.81. The predicted molar refractivity (Wildman–Crippen MR) is 103 cm³/mol. The highest BCUT2D eigenvalue weighted by Gasteiger charge is 2.33. The van der Waals surface area contributed by atoms with Crippen LogP contribution < -0.4 is 15.0 Å². The second kappa shape index (κ2) is 8.12. The van der Waals surface area contributed by atoms with E-state index in [4.69, 9.17) is 9.47 Å². The molecule has 2 aromatic carbocycles. The molecule has 146 valence electrons. The van der Waals surface area contributed by atoms with Crippen molar-refractivity contribution in [2.24, 2.45) is 0 Å². The van der Waals surface area contributed by atoms with Crippen molar-refractivity contribution in [3.8, 4) is 5.75 Å². The molecule has 1 unspecified atom stereocenters. The highest BCUT2D eigenvalue weighted by Crippen LogP contribution is 2.33. The van der Waals surface area contributed by atoms with Gasteiger partial charge in [-0.25, -0.2) is 4.79 Å². The van der Waals surface area contributed by atoms with E-state index in [2.05, 4.69) is 5.32 Å². The van der Waals surface area contributed by atoms with Crippen LogP contribution in [-0.4, -0.2) is 44.1 Å². The Kier molecular flexibility index (Phi) is 5.63. The van der Waals surface area contributed by atoms with E-state index < -0.39 is 24.6 Å². The third kappa shape index (κ3) is 4.14. The van der Waals surface area contributed by atoms with Gasteiger partial charge in [0.05, 0.1) is 17.8 Å². The Morgan fingerprint density at radius 1 is 1.14 bits per heavy atom. The molecular weight excluding hydrogens is 360 g/mol. The molecule has 2 aromatic rings. The average molecular weight is 382 g/mol. The Hall–Kier alpha value is -3.35. The Bertz CT molecular complexity index is 905. The molecule has 1 aliphatic heterocycles. The number of hydrogen-bond acceptors (Lipinski definition) is 5. The van der Waals surface area contributed by atoms with Crippen LogP contribution >= 0.6 is 0 Å². The number of nitrogens with zero attached hydrogens (tertiary/aromatic N) is 1. The maximum atomic E-state index is 12.7. The summed E-state index contributed by atoms with van der Waals surface area (Å²) in [5.74, 6) is -0.900. The number of carbonyl (C=O) groups excluding carboxylic acids is 3. The Balaban J connectivity index is 1.74. The molecule has 1 heterocycles. The summed E-state index contributed by atoms with van der Waals surface area (Å²) in [6.07, 6.45) is -0.834. The van der Waals surface area contributed by atoms with Crippen LogP contribution in [0, 0.1) is 13.8 Å². The van der Waals surface area contributed by atoms with Gasteiger partial charge in [-0.05, 0) is 38.1 Å². The van der Waals surface area contributed by atoms with E-state index in [0.29, 0.717) is 17.0 Å². The van der Waals surface area contributed by atoms with Gasteiger partial charge in [0, 0.05) is 7.05 Å². The van der Waals surface area contributed by atoms with E-state index in [9.17, 15) is 14.4 Å². The van der Waals surface area contributed by atoms with Gasteiger partial charge in [0.1, 0.15) is 5.75 Å². The molecule has 7 nitrogen and oxygen atoms in total. The Morgan fingerprint density at radius 2 is 1.82 bits per heavy atom. The fourth-order valence-corrected chi connectivity index (χ4v) is 3.15. The third-order valence-corrected chi connectivity index (χ3v) is 4.40. The monoisotopic (exact) mass is 382 g/mol. The molecule has 7 heteroatoms. The molecule has 0 bridgehead atoms. The molecule has 0 saturated carbocycles. The van der Waals surface area contributed by atoms with Crippen molar-refractivity contribution < 1.29 is 23.9 Å². The minimum atomic E-state index is -0.834. The molecule has 0 aromatic heterocycles. The number of nitrogens with one attached hydrogen (secondary N) is 1. The number of aryl methyl sites for hydroxylation is 2. The van der Waals surface area contributed by atoms with Crippen molar-refractivity contribution in [3.63, 3.8) is 0 Å². The lowest BCUT2D eigenvalue weighted by Gasteiger charge is -2.33. The van der Waals surface area contributed by atoms with Gasteiger partial charge >= 0.3 is 5.97 Å². The molecule has 0 fully saturated rings. The van der Waals surface area contributed by atoms with Gasteiger partial charge in [-0.3, -0.25) is 9.59 Å². The van der Waals surface area contributed by atoms with Gasteiger partial charge in [0.2, 0.25) is 0 Å². The van der Waals surface area contributed by atoms with Crippen LogP contribution in [0.4, 0.5) is 5.69 Å². The second-order valence-electron chi connectivity index (χ2n) is 6.65. The Labute approximate surface area is 163 Å². The van der Waals surface area contributed by atoms with Crippen molar-refractivity contribution in [2.75, 3.05) is 25.1 Å². The number of ether oxygens (including phenoxy) is 2. The van der Waals surface area contributed by atoms with Crippen LogP contribution in [0.2, 0.25) is 0 Å². The van der Waals surface area contributed by atoms with Crippen molar-refractivity contribution in [3.05, 3.63) is 59.2 Å². The number of rotatable bonds is 4. The lowest BCUT2D eigenvalue weighted by atomic mass is 10.1. The maximum Gasteiger partial charge on any atom is 0.338 e. The molecule has 0 saturated heterocycles. The van der Waals surface area contributed by atoms with E-state index in [-0.39, 0.29) is 12.5 Å². The second-order valence-corrected chi connectivity index (χ2v) is 6.65. The van der Waals surface area contributed by atoms with Gasteiger partial charge in [-0.2, -0.15) is 0 Å². The third-order valence-electron chi connectivity index (χ3n) is 4.40. The number of anilines is 1. The number of carbonyl (C=O) groups is 3. The van der Waals surface area contributed by atoms with Crippen molar-refractivity contribution >= 4 is 23.5 Å². The summed E-state index contributed by atoms with van der Waals surface area (Å²) >= 11 is 0. The topological polar surface area (TPSA) is 84.9 Å². The van der Waals surface area contributed by atoms with Gasteiger partial charge < -0.3 is 19.7 Å². The molecule has 0 spiro atoms. The number of fused-ring (bicyclic) bond motifs is 1. The zero-order valence-electron chi connectivity index (χ0n) is 16.0. The largest absolute Gasteiger partial charge is 0.477 e. The van der Waals surface area contributed by atoms with Gasteiger partial charge in [0.25, 0.3) is 11.8 Å². The first-order valence-electron chi connectivity index (χ1n) is 8.92. The number of likely N-dealkylation sites (N-methyl/N-ethyl adjacent to an activating group) is 1. The number of benzene rings is 2. The quantitative estimate of drug-likeness (QED) is 0.818. The fraction of sp³-hybridized carbons (Fsp3) is 0.286. The standard InChI is InChI=1S/C21H22N2O5/c1-13-8-14(2)10-15(9-13)21(26)27-12-19(24)23-11-18(20(25)22-3)28-17-7-5-4-6-16(17)23/h4-10,18H,11-12H2,1-3H3,(H,22,25). The van der Waals surface area contributed by atoms with Gasteiger partial charge in [0.15, 0.2) is 12.7 Å². The normalized spacial score (nSPS) is 15.2. The molecule has 28 heavy (non-hydrogen) atoms. The van der Waals surface area contributed by atoms with Crippen LogP contribution in [0.3, 0.4) is 0 Å². The predicted octanol–water partition coefficient (Wildman–Crippen LogP) is 2.00. The van der Waals surface area contributed by atoms with Crippen LogP contribution in [0.15, 0.2) is 42.5 Å². The number of hydrogen-bond donors (Lipinski definition) is 1. The van der Waals surface area contributed by atoms with Gasteiger partial charge in [-0.1, -0.05) is 29.3 Å². The molecule has 0 radical (unpaired) electrons. The van der Waals surface area contributed by atoms with Crippen molar-refractivity contribution in [1.29, 1.82) is 0 Å². The minimum absolute atomic E-state index is 0.0383. The SMILES string of the molecule is CNC(=O)C1CN(C(=O)COC(=O)c2cc(C)cc(C)c2)c2ccccc2O1. The first-order valence-corrected chi connectivity index (χ1v) is 8.92. The first-order chi connectivity index (χ1) is 13.4. The molecule has 3 rings (SSSR count). The Morgan fingerprint density at radius 3 is 2.50 bits per heavy atom. The van der Waals surface area contributed by atoms with Crippen LogP contribution in [-0.2, 0) is 14.3 Å². The van der Waals surface area contributed by atoms with Crippen molar-refractivity contribution in [1.82, 2.24) is 5.32 Å². The van der Waals surface area contributed by atoms with Crippen LogP contribution in [0.5, 0.6) is 5.75 Å². The summed E-state index contributed by atoms with van der Waals surface area (Å²) < 4.78 is 10.9. The molecule has 1 aliphatic rings. The number of amides is 2. The first kappa shape index (κ1) is 19.4. The maximum absolute atomic E-state index is 12.7. The van der Waals surface area contributed by atoms with E-state index in [1.165, 1.54) is 11.9 Å². The number of esters is 1. The fourth-order valence-electron chi connectivity index (χ4n) is 3.15. The van der Waals surface area contributed by atoms with Crippen LogP contribution in [0.25, 0.3) is 0 Å². The zero-order chi connectivity index (χ0) is 20.3. The summed E-state index contributed by atoms with van der Waals surface area (Å²) in [6.45, 7) is 3.38. The molecule has 0 aliphatic carbocycles. The number of para-hydroxylation sites is 2. The molecular formula is C21H22N2O5. The average Bonchev–Trinajstić information content (AvgIpc) is 2.69. The minimum Gasteiger partial charge on any atom is -0.477 e. The summed E-state index contributed by atoms with van der Waals surface area (Å²) in [6, 6.07) is 12.3. The summed E-state index contributed by atoms with van der Waals surface area (Å²) in [5, 5.41) is 2.52. The summed E-state index contributed by atoms with van der Waals surface area (Å²) in [4.78, 5) is 38.5. The lowest BCUT2D eigenvalue weighted by molar-refractivity contribution is -0.128. The van der Waals surface area contributed by atoms with Crippen molar-refractivity contribution in [2.45, 2.75) is 20.0 Å². The van der Waals surface area contributed by atoms with Crippen LogP contribution in [0.1, 0.15) is 21.5 Å². The van der Waals surface area contributed by atoms with E-state index in [1.54, 1.807) is 36.4 Å². The summed E-state index contributed by atoms with van der Waals surface area (Å²) in [7, 11) is 1.50. The molecule has 1 N–H and O–H groups in total. The van der Waals surface area contributed by atoms with Gasteiger partial charge in [-0.15, -0.1) is 0 Å². The lowest BCUT2D eigenvalue weighted by Crippen LogP contribution is -2.51. The van der Waals surface area contributed by atoms with E-state index in [1.807, 2.05) is 19.9 Å². The van der Waals surface area contributed by atoms with E-state index in [0.717, 1.165) is 11.1 Å². The van der Waals surface area contributed by atoms with E-state index >= 15 is 0 Å². The molecule has 1 atom stereocenters. The highest BCUT2D eigenvalue weighted by atomic mass is 16.5. The zero-order valence-corrected chi connectivity index (χ0v) is 16.0. The smallest absolute Gasteiger partial charge is 0.338 e. The molecule has 2 amide bonds.